The van der Waals surface area contributed by atoms with Gasteiger partial charge in [0.2, 0.25) is 5.91 Å². The molecule has 0 bridgehead atoms. The quantitative estimate of drug-likeness (QED) is 0.285. The first-order chi connectivity index (χ1) is 16.9. The normalized spacial score (nSPS) is 14.2. The van der Waals surface area contributed by atoms with E-state index in [1.807, 2.05) is 37.4 Å². The van der Waals surface area contributed by atoms with Crippen LogP contribution in [0, 0.1) is 13.8 Å². The number of nitrogens with one attached hydrogen (secondary N) is 1. The van der Waals surface area contributed by atoms with Gasteiger partial charge in [-0.2, -0.15) is 0 Å². The molecule has 0 spiro atoms. The molecule has 1 amide bonds. The summed E-state index contributed by atoms with van der Waals surface area (Å²) in [4.78, 5) is 25.6. The van der Waals surface area contributed by atoms with Crippen LogP contribution in [0.5, 0.6) is 0 Å². The highest BCUT2D eigenvalue weighted by Gasteiger charge is 2.25. The number of rotatable bonds is 8. The zero-order valence-corrected chi connectivity index (χ0v) is 22.4. The number of esters is 1. The van der Waals surface area contributed by atoms with Gasteiger partial charge in [0, 0.05) is 23.4 Å². The Morgan fingerprint density at radius 2 is 1.94 bits per heavy atom. The molecule has 35 heavy (non-hydrogen) atoms. The van der Waals surface area contributed by atoms with E-state index in [1.54, 1.807) is 0 Å². The van der Waals surface area contributed by atoms with Gasteiger partial charge in [0.15, 0.2) is 5.16 Å². The van der Waals surface area contributed by atoms with E-state index in [1.165, 1.54) is 49.5 Å². The largest absolute Gasteiger partial charge is 0.465 e. The second-order valence-electron chi connectivity index (χ2n) is 8.92. The molecule has 3 aromatic rings. The summed E-state index contributed by atoms with van der Waals surface area (Å²) < 4.78 is 7.20. The van der Waals surface area contributed by atoms with Crippen LogP contribution in [-0.2, 0) is 16.1 Å². The van der Waals surface area contributed by atoms with Crippen LogP contribution in [0.1, 0.15) is 72.3 Å². The number of anilines is 1. The maximum atomic E-state index is 12.9. The molecule has 0 aliphatic heterocycles. The summed E-state index contributed by atoms with van der Waals surface area (Å²) in [6.07, 6.45) is 6.07. The number of carbonyl (C=O) groups is 2. The summed E-state index contributed by atoms with van der Waals surface area (Å²) >= 11 is 2.71. The molecule has 2 heterocycles. The van der Waals surface area contributed by atoms with Gasteiger partial charge < -0.3 is 14.6 Å². The van der Waals surface area contributed by atoms with E-state index in [0.717, 1.165) is 52.6 Å². The third-order valence-electron chi connectivity index (χ3n) is 6.48. The van der Waals surface area contributed by atoms with Crippen LogP contribution in [0.2, 0.25) is 0 Å². The maximum Gasteiger partial charge on any atom is 0.341 e. The van der Waals surface area contributed by atoms with Gasteiger partial charge in [-0.25, -0.2) is 4.79 Å². The summed E-state index contributed by atoms with van der Waals surface area (Å²) in [6, 6.07) is 6.12. The first-order valence-corrected chi connectivity index (χ1v) is 13.9. The zero-order valence-electron chi connectivity index (χ0n) is 20.7. The predicted octanol–water partition coefficient (Wildman–Crippen LogP) is 6.21. The zero-order chi connectivity index (χ0) is 24.9. The van der Waals surface area contributed by atoms with Crippen LogP contribution in [0.25, 0.3) is 11.1 Å². The minimum atomic E-state index is -0.465. The average Bonchev–Trinajstić information content (AvgIpc) is 3.48. The van der Waals surface area contributed by atoms with Crippen LogP contribution in [0.3, 0.4) is 0 Å². The number of amides is 1. The van der Waals surface area contributed by atoms with Crippen molar-refractivity contribution in [3.05, 3.63) is 46.1 Å². The van der Waals surface area contributed by atoms with Crippen molar-refractivity contribution in [2.75, 3.05) is 18.2 Å². The first-order valence-electron chi connectivity index (χ1n) is 12.1. The van der Waals surface area contributed by atoms with E-state index >= 15 is 0 Å². The third-order valence-corrected chi connectivity index (χ3v) is 8.34. The standard InChI is InChI=1S/C26H32N4O3S2/c1-5-30-23(18-9-7-6-8-10-18)28-29-26(30)35-15-21(31)27-24-22(25(32)33-4)20(14-34-24)19-13-16(2)11-12-17(19)3/h11-14,18H,5-10,15H2,1-4H3,(H,27,31). The monoisotopic (exact) mass is 512 g/mol. The number of hydrogen-bond donors (Lipinski definition) is 1. The Morgan fingerprint density at radius 1 is 1.17 bits per heavy atom. The molecule has 0 unspecified atom stereocenters. The van der Waals surface area contributed by atoms with Gasteiger partial charge >= 0.3 is 5.97 Å². The number of thioether (sulfide) groups is 1. The Balaban J connectivity index is 1.50. The van der Waals surface area contributed by atoms with Crippen molar-refractivity contribution in [2.24, 2.45) is 0 Å². The smallest absolute Gasteiger partial charge is 0.341 e. The number of ether oxygens (including phenoxy) is 1. The van der Waals surface area contributed by atoms with Crippen LogP contribution in [-0.4, -0.2) is 39.5 Å². The maximum absolute atomic E-state index is 12.9. The second kappa shape index (κ2) is 11.4. The Kier molecular flexibility index (Phi) is 8.28. The summed E-state index contributed by atoms with van der Waals surface area (Å²) in [6.45, 7) is 6.89. The molecule has 1 aromatic carbocycles. The summed E-state index contributed by atoms with van der Waals surface area (Å²) in [5.74, 6) is 1.02. The van der Waals surface area contributed by atoms with Crippen molar-refractivity contribution in [2.45, 2.75) is 70.5 Å². The molecule has 7 nitrogen and oxygen atoms in total. The van der Waals surface area contributed by atoms with E-state index < -0.39 is 5.97 Å². The van der Waals surface area contributed by atoms with Crippen LogP contribution in [0.15, 0.2) is 28.7 Å². The highest BCUT2D eigenvalue weighted by Crippen LogP contribution is 2.38. The number of methoxy groups -OCH3 is 1. The second-order valence-corrected chi connectivity index (χ2v) is 10.7. The highest BCUT2D eigenvalue weighted by molar-refractivity contribution is 7.99. The predicted molar refractivity (Wildman–Crippen MR) is 141 cm³/mol. The van der Waals surface area contributed by atoms with Gasteiger partial charge in [-0.3, -0.25) is 4.79 Å². The fourth-order valence-corrected chi connectivity index (χ4v) is 6.41. The molecule has 0 radical (unpaired) electrons. The van der Waals surface area contributed by atoms with Gasteiger partial charge in [0.05, 0.1) is 12.9 Å². The minimum Gasteiger partial charge on any atom is -0.465 e. The number of nitrogens with zero attached hydrogens (tertiary/aromatic N) is 3. The van der Waals surface area contributed by atoms with Crippen molar-refractivity contribution < 1.29 is 14.3 Å². The Labute approximate surface area is 214 Å². The Bertz CT molecular complexity index is 1210. The lowest BCUT2D eigenvalue weighted by molar-refractivity contribution is -0.113. The van der Waals surface area contributed by atoms with Crippen molar-refractivity contribution in [3.8, 4) is 11.1 Å². The van der Waals surface area contributed by atoms with E-state index in [4.69, 9.17) is 4.74 Å². The Morgan fingerprint density at radius 3 is 2.66 bits per heavy atom. The Hall–Kier alpha value is -2.65. The fraction of sp³-hybridized carbons (Fsp3) is 0.462. The molecule has 186 valence electrons. The molecular formula is C26H32N4O3S2. The molecule has 4 rings (SSSR count). The van der Waals surface area contributed by atoms with Gasteiger partial charge in [0.1, 0.15) is 16.4 Å². The molecule has 2 aromatic heterocycles. The summed E-state index contributed by atoms with van der Waals surface area (Å²) in [5.41, 5.74) is 4.28. The van der Waals surface area contributed by atoms with Gasteiger partial charge in [-0.15, -0.1) is 21.5 Å². The average molecular weight is 513 g/mol. The number of aryl methyl sites for hydroxylation is 2. The molecule has 0 saturated heterocycles. The number of thiophene rings is 1. The van der Waals surface area contributed by atoms with Crippen LogP contribution in [0.4, 0.5) is 5.00 Å². The lowest BCUT2D eigenvalue weighted by Crippen LogP contribution is -2.17. The topological polar surface area (TPSA) is 86.1 Å². The number of aromatic nitrogens is 3. The van der Waals surface area contributed by atoms with Crippen LogP contribution >= 0.6 is 23.1 Å². The minimum absolute atomic E-state index is 0.181. The first kappa shape index (κ1) is 25.4. The van der Waals surface area contributed by atoms with E-state index in [2.05, 4.69) is 27.0 Å². The van der Waals surface area contributed by atoms with Gasteiger partial charge in [0.25, 0.3) is 0 Å². The highest BCUT2D eigenvalue weighted by atomic mass is 32.2. The molecular weight excluding hydrogens is 480 g/mol. The van der Waals surface area contributed by atoms with E-state index in [0.29, 0.717) is 16.5 Å². The van der Waals surface area contributed by atoms with Crippen LogP contribution < -0.4 is 5.32 Å². The van der Waals surface area contributed by atoms with Crippen molar-refractivity contribution in [1.82, 2.24) is 14.8 Å². The molecule has 1 aliphatic carbocycles. The number of carbonyl (C=O) groups excluding carboxylic acids is 2. The van der Waals surface area contributed by atoms with E-state index in [9.17, 15) is 9.59 Å². The number of hydrogen-bond acceptors (Lipinski definition) is 7. The molecule has 1 saturated carbocycles. The fourth-order valence-electron chi connectivity index (χ4n) is 4.64. The van der Waals surface area contributed by atoms with E-state index in [-0.39, 0.29) is 11.7 Å². The molecule has 9 heteroatoms. The lowest BCUT2D eigenvalue weighted by atomic mass is 9.89. The lowest BCUT2D eigenvalue weighted by Gasteiger charge is -2.21. The molecule has 1 fully saturated rings. The van der Waals surface area contributed by atoms with Crippen molar-refractivity contribution in [1.29, 1.82) is 0 Å². The van der Waals surface area contributed by atoms with Crippen molar-refractivity contribution >= 4 is 40.0 Å². The molecule has 1 N–H and O–H groups in total. The SMILES string of the molecule is CCn1c(SCC(=O)Nc2scc(-c3cc(C)ccc3C)c2C(=O)OC)nnc1C1CCCCC1. The number of benzene rings is 1. The van der Waals surface area contributed by atoms with Gasteiger partial charge in [-0.05, 0) is 44.7 Å². The summed E-state index contributed by atoms with van der Waals surface area (Å²) in [7, 11) is 1.36. The molecule has 1 aliphatic rings. The van der Waals surface area contributed by atoms with Crippen molar-refractivity contribution in [3.63, 3.8) is 0 Å². The molecule has 0 atom stereocenters. The van der Waals surface area contributed by atoms with Gasteiger partial charge in [-0.1, -0.05) is 54.8 Å². The third kappa shape index (κ3) is 5.62. The summed E-state index contributed by atoms with van der Waals surface area (Å²) in [5, 5.41) is 15.0.